The average Bonchev–Trinajstić information content (AvgIpc) is 2.45. The van der Waals surface area contributed by atoms with E-state index in [1.165, 1.54) is 23.9 Å². The lowest BCUT2D eigenvalue weighted by Gasteiger charge is -2.30. The van der Waals surface area contributed by atoms with Crippen LogP contribution in [0.15, 0.2) is 24.3 Å². The number of halogens is 1. The van der Waals surface area contributed by atoms with Crippen molar-refractivity contribution in [2.45, 2.75) is 30.1 Å². The predicted molar refractivity (Wildman–Crippen MR) is 76.6 cm³/mol. The molecule has 1 fully saturated rings. The second-order valence-electron chi connectivity index (χ2n) is 4.60. The number of thioether (sulfide) groups is 1. The van der Waals surface area contributed by atoms with E-state index in [0.717, 1.165) is 5.56 Å². The normalized spacial score (nSPS) is 21.9. The van der Waals surface area contributed by atoms with Crippen LogP contribution < -0.4 is 16.2 Å². The molecule has 0 bridgehead atoms. The maximum absolute atomic E-state index is 12.8. The van der Waals surface area contributed by atoms with Crippen molar-refractivity contribution in [1.82, 2.24) is 16.2 Å². The van der Waals surface area contributed by atoms with Crippen LogP contribution in [0.25, 0.3) is 0 Å². The van der Waals surface area contributed by atoms with E-state index < -0.39 is 12.0 Å². The summed E-state index contributed by atoms with van der Waals surface area (Å²) in [5.74, 6) is -0.834. The Kier molecular flexibility index (Phi) is 5.54. The van der Waals surface area contributed by atoms with Crippen LogP contribution in [0.3, 0.4) is 0 Å². The first-order chi connectivity index (χ1) is 10.0. The molecule has 2 unspecified atom stereocenters. The van der Waals surface area contributed by atoms with Crippen LogP contribution in [-0.2, 0) is 15.3 Å². The molecule has 1 aliphatic rings. The predicted octanol–water partition coefficient (Wildman–Crippen LogP) is 0.800. The van der Waals surface area contributed by atoms with Crippen LogP contribution in [0, 0.1) is 5.82 Å². The van der Waals surface area contributed by atoms with Crippen molar-refractivity contribution in [2.24, 2.45) is 0 Å². The second-order valence-corrected chi connectivity index (χ2v) is 5.69. The number of hydrogen-bond acceptors (Lipinski definition) is 5. The van der Waals surface area contributed by atoms with E-state index >= 15 is 0 Å². The first kappa shape index (κ1) is 15.7. The molecule has 0 aromatic heterocycles. The molecule has 1 amide bonds. The fourth-order valence-corrected chi connectivity index (χ4v) is 2.72. The highest BCUT2D eigenvalue weighted by molar-refractivity contribution is 7.99. The lowest BCUT2D eigenvalue weighted by Crippen LogP contribution is -2.64. The number of amides is 1. The molecule has 0 radical (unpaired) electrons. The zero-order valence-electron chi connectivity index (χ0n) is 11.1. The number of aliphatic carboxylic acids is 1. The van der Waals surface area contributed by atoms with Gasteiger partial charge in [0.1, 0.15) is 17.4 Å². The van der Waals surface area contributed by atoms with Gasteiger partial charge in [-0.3, -0.25) is 9.59 Å². The highest BCUT2D eigenvalue weighted by Gasteiger charge is 2.27. The van der Waals surface area contributed by atoms with Crippen LogP contribution in [0.1, 0.15) is 18.4 Å². The summed E-state index contributed by atoms with van der Waals surface area (Å²) in [6.07, 6.45) is 0.156. The Morgan fingerprint density at radius 3 is 2.62 bits per heavy atom. The van der Waals surface area contributed by atoms with Crippen LogP contribution in [0.5, 0.6) is 0 Å². The van der Waals surface area contributed by atoms with Gasteiger partial charge in [-0.2, -0.15) is 0 Å². The van der Waals surface area contributed by atoms with Gasteiger partial charge in [0.2, 0.25) is 5.91 Å². The lowest BCUT2D eigenvalue weighted by atomic mass is 10.1. The monoisotopic (exact) mass is 313 g/mol. The Bertz CT molecular complexity index is 512. The number of carbonyl (C=O) groups excluding carboxylic acids is 1. The van der Waals surface area contributed by atoms with Crippen molar-refractivity contribution in [3.63, 3.8) is 0 Å². The molecule has 2 atom stereocenters. The minimum absolute atomic E-state index is 0.0693. The summed E-state index contributed by atoms with van der Waals surface area (Å²) in [7, 11) is 0. The summed E-state index contributed by atoms with van der Waals surface area (Å²) in [5, 5.41) is 11.4. The van der Waals surface area contributed by atoms with Gasteiger partial charge in [-0.25, -0.2) is 15.2 Å². The summed E-state index contributed by atoms with van der Waals surface area (Å²) in [6, 6.07) is 5.61. The van der Waals surface area contributed by atoms with Gasteiger partial charge in [0.25, 0.3) is 0 Å². The molecule has 114 valence electrons. The van der Waals surface area contributed by atoms with Gasteiger partial charge in [-0.05, 0) is 24.1 Å². The largest absolute Gasteiger partial charge is 0.481 e. The quantitative estimate of drug-likeness (QED) is 0.621. The first-order valence-corrected chi connectivity index (χ1v) is 7.49. The van der Waals surface area contributed by atoms with Crippen molar-refractivity contribution < 1.29 is 19.1 Å². The molecule has 1 saturated heterocycles. The van der Waals surface area contributed by atoms with Crippen LogP contribution in [-0.4, -0.2) is 28.5 Å². The van der Waals surface area contributed by atoms with Crippen LogP contribution in [0.2, 0.25) is 0 Å². The number of rotatable bonds is 6. The van der Waals surface area contributed by atoms with Crippen molar-refractivity contribution >= 4 is 23.6 Å². The van der Waals surface area contributed by atoms with E-state index in [0.29, 0.717) is 5.75 Å². The lowest BCUT2D eigenvalue weighted by molar-refractivity contribution is -0.137. The summed E-state index contributed by atoms with van der Waals surface area (Å²) in [4.78, 5) is 22.3. The molecule has 2 rings (SSSR count). The molecule has 8 heteroatoms. The molecule has 1 aliphatic heterocycles. The Hall–Kier alpha value is -1.64. The van der Waals surface area contributed by atoms with E-state index in [1.54, 1.807) is 12.1 Å². The average molecular weight is 313 g/mol. The van der Waals surface area contributed by atoms with E-state index in [2.05, 4.69) is 16.2 Å². The van der Waals surface area contributed by atoms with Crippen molar-refractivity contribution in [1.29, 1.82) is 0 Å². The smallest absolute Gasteiger partial charge is 0.303 e. The standard InChI is InChI=1S/C13H16FN3O3S/c14-9-3-1-8(2-4-9)7-21-13-15-12(20)10(16-17-13)5-6-11(18)19/h1-4,10,13,16-17H,5-7H2,(H,15,20)(H,18,19). The Morgan fingerprint density at radius 2 is 2.00 bits per heavy atom. The fourth-order valence-electron chi connectivity index (χ4n) is 1.82. The van der Waals surface area contributed by atoms with Crippen molar-refractivity contribution in [3.8, 4) is 0 Å². The van der Waals surface area contributed by atoms with Crippen molar-refractivity contribution in [3.05, 3.63) is 35.6 Å². The Morgan fingerprint density at radius 1 is 1.29 bits per heavy atom. The molecule has 1 heterocycles. The van der Waals surface area contributed by atoms with Crippen LogP contribution in [0.4, 0.5) is 4.39 Å². The van der Waals surface area contributed by atoms with Gasteiger partial charge in [-0.1, -0.05) is 12.1 Å². The highest BCUT2D eigenvalue weighted by Crippen LogP contribution is 2.16. The summed E-state index contributed by atoms with van der Waals surface area (Å²) in [6.45, 7) is 0. The van der Waals surface area contributed by atoms with Crippen molar-refractivity contribution in [2.75, 3.05) is 0 Å². The number of hydrazine groups is 1. The number of carboxylic acids is 1. The van der Waals surface area contributed by atoms with E-state index in [-0.39, 0.29) is 30.1 Å². The maximum Gasteiger partial charge on any atom is 0.303 e. The molecule has 0 spiro atoms. The molecule has 21 heavy (non-hydrogen) atoms. The molecule has 4 N–H and O–H groups in total. The van der Waals surface area contributed by atoms with Gasteiger partial charge >= 0.3 is 5.97 Å². The molecule has 1 aromatic rings. The Balaban J connectivity index is 1.76. The maximum atomic E-state index is 12.8. The highest BCUT2D eigenvalue weighted by atomic mass is 32.2. The van der Waals surface area contributed by atoms with Gasteiger partial charge in [-0.15, -0.1) is 11.8 Å². The minimum Gasteiger partial charge on any atom is -0.481 e. The number of benzene rings is 1. The van der Waals surface area contributed by atoms with E-state index in [1.807, 2.05) is 0 Å². The van der Waals surface area contributed by atoms with E-state index in [9.17, 15) is 14.0 Å². The fraction of sp³-hybridized carbons (Fsp3) is 0.385. The molecule has 1 aromatic carbocycles. The van der Waals surface area contributed by atoms with Gasteiger partial charge < -0.3 is 10.4 Å². The third kappa shape index (κ3) is 5.00. The Labute approximate surface area is 125 Å². The zero-order valence-corrected chi connectivity index (χ0v) is 12.0. The third-order valence-corrected chi connectivity index (χ3v) is 4.02. The summed E-state index contributed by atoms with van der Waals surface area (Å²) >= 11 is 1.44. The topological polar surface area (TPSA) is 90.5 Å². The molecule has 0 saturated carbocycles. The number of carbonyl (C=O) groups is 2. The summed E-state index contributed by atoms with van der Waals surface area (Å²) < 4.78 is 12.8. The number of nitrogens with one attached hydrogen (secondary N) is 3. The van der Waals surface area contributed by atoms with Crippen LogP contribution >= 0.6 is 11.8 Å². The number of hydrogen-bond donors (Lipinski definition) is 4. The summed E-state index contributed by atoms with van der Waals surface area (Å²) in [5.41, 5.74) is 6.37. The molecular formula is C13H16FN3O3S. The minimum atomic E-state index is -0.933. The molecule has 0 aliphatic carbocycles. The zero-order chi connectivity index (χ0) is 15.2. The second kappa shape index (κ2) is 7.39. The van der Waals surface area contributed by atoms with Gasteiger partial charge in [0.05, 0.1) is 0 Å². The third-order valence-electron chi connectivity index (χ3n) is 2.96. The number of carboxylic acid groups (broad SMARTS) is 1. The van der Waals surface area contributed by atoms with Gasteiger partial charge in [0, 0.05) is 12.2 Å². The first-order valence-electron chi connectivity index (χ1n) is 6.44. The van der Waals surface area contributed by atoms with E-state index in [4.69, 9.17) is 5.11 Å². The SMILES string of the molecule is O=C(O)CCC1NNC(SCc2ccc(F)cc2)NC1=O. The molecular weight excluding hydrogens is 297 g/mol. The van der Waals surface area contributed by atoms with Gasteiger partial charge in [0.15, 0.2) is 0 Å². The molecule has 6 nitrogen and oxygen atoms in total.